The van der Waals surface area contributed by atoms with Gasteiger partial charge >= 0.3 is 0 Å². The summed E-state index contributed by atoms with van der Waals surface area (Å²) >= 11 is 5.83. The highest BCUT2D eigenvalue weighted by Gasteiger charge is 2.20. The average molecular weight is 311 g/mol. The molecule has 1 aromatic carbocycles. The molecule has 0 spiro atoms. The van der Waals surface area contributed by atoms with Crippen LogP contribution >= 0.6 is 11.6 Å². The second-order valence-electron chi connectivity index (χ2n) is 3.69. The van der Waals surface area contributed by atoms with Gasteiger partial charge in [0.2, 0.25) is 10.0 Å². The molecule has 5 nitrogen and oxygen atoms in total. The maximum atomic E-state index is 12.0. The summed E-state index contributed by atoms with van der Waals surface area (Å²) in [5.41, 5.74) is 5.71. The van der Waals surface area contributed by atoms with Crippen molar-refractivity contribution in [1.82, 2.24) is 4.72 Å². The Hall–Kier alpha value is -0.630. The summed E-state index contributed by atoms with van der Waals surface area (Å²) in [4.78, 5) is -0.107. The second-order valence-corrected chi connectivity index (χ2v) is 7.35. The fourth-order valence-electron chi connectivity index (χ4n) is 1.36. The first-order valence-corrected chi connectivity index (χ1v) is 8.77. The normalized spacial score (nSPS) is 13.4. The van der Waals surface area contributed by atoms with E-state index in [1.165, 1.54) is 12.1 Å². The van der Waals surface area contributed by atoms with Gasteiger partial charge in [0.05, 0.1) is 10.7 Å². The van der Waals surface area contributed by atoms with Gasteiger partial charge in [-0.05, 0) is 18.6 Å². The molecule has 1 rings (SSSR count). The number of hydrogen-bond donors (Lipinski definition) is 2. The van der Waals surface area contributed by atoms with Crippen molar-refractivity contribution in [3.8, 4) is 0 Å². The number of benzene rings is 1. The number of sulfonamides is 1. The number of hydrogen-bond acceptors (Lipinski definition) is 4. The summed E-state index contributed by atoms with van der Waals surface area (Å²) in [5.74, 6) is 0.445. The molecule has 0 saturated carbocycles. The van der Waals surface area contributed by atoms with Gasteiger partial charge in [-0.15, -0.1) is 0 Å². The molecule has 1 unspecified atom stereocenters. The van der Waals surface area contributed by atoms with Crippen molar-refractivity contribution in [3.63, 3.8) is 0 Å². The fourth-order valence-corrected chi connectivity index (χ4v) is 3.66. The highest BCUT2D eigenvalue weighted by molar-refractivity contribution is 7.89. The third-order valence-electron chi connectivity index (χ3n) is 2.17. The van der Waals surface area contributed by atoms with Crippen LogP contribution in [-0.2, 0) is 20.8 Å². The summed E-state index contributed by atoms with van der Waals surface area (Å²) in [5, 5.41) is 0.0848. The fraction of sp³-hybridized carbons (Fsp3) is 0.400. The van der Waals surface area contributed by atoms with E-state index in [-0.39, 0.29) is 22.2 Å². The van der Waals surface area contributed by atoms with Gasteiger partial charge in [-0.3, -0.25) is 4.21 Å². The van der Waals surface area contributed by atoms with Crippen LogP contribution in [-0.4, -0.2) is 31.2 Å². The highest BCUT2D eigenvalue weighted by Crippen LogP contribution is 2.26. The molecule has 0 bridgehead atoms. The first-order chi connectivity index (χ1) is 8.34. The van der Waals surface area contributed by atoms with Gasteiger partial charge in [-0.25, -0.2) is 13.1 Å². The predicted octanol–water partition coefficient (Wildman–Crippen LogP) is 0.969. The zero-order valence-corrected chi connectivity index (χ0v) is 12.2. The number of rotatable bonds is 6. The zero-order chi connectivity index (χ0) is 13.8. The minimum atomic E-state index is -3.73. The van der Waals surface area contributed by atoms with Gasteiger partial charge in [-0.1, -0.05) is 17.7 Å². The Morgan fingerprint density at radius 2 is 2.11 bits per heavy atom. The van der Waals surface area contributed by atoms with Crippen LogP contribution in [0.2, 0.25) is 5.02 Å². The Morgan fingerprint density at radius 3 is 2.67 bits per heavy atom. The van der Waals surface area contributed by atoms with Crippen LogP contribution in [0.1, 0.15) is 6.42 Å². The standard InChI is InChI=1S/C10H15ClN2O3S2/c1-17(14)7-3-6-13-18(15,16)10-8(11)4-2-5-9(10)12/h2,4-5,13H,3,6-7,12H2,1H3. The average Bonchev–Trinajstić information content (AvgIpc) is 2.23. The Bertz CT molecular complexity index is 526. The minimum absolute atomic E-state index is 0.0848. The highest BCUT2D eigenvalue weighted by atomic mass is 35.5. The summed E-state index contributed by atoms with van der Waals surface area (Å²) in [6.45, 7) is 0.201. The molecule has 0 aromatic heterocycles. The van der Waals surface area contributed by atoms with Crippen molar-refractivity contribution in [2.75, 3.05) is 24.3 Å². The summed E-state index contributed by atoms with van der Waals surface area (Å²) in [6.07, 6.45) is 2.06. The van der Waals surface area contributed by atoms with E-state index in [1.54, 1.807) is 12.3 Å². The summed E-state index contributed by atoms with van der Waals surface area (Å²) in [7, 11) is -4.66. The van der Waals surface area contributed by atoms with Crippen molar-refractivity contribution < 1.29 is 12.6 Å². The van der Waals surface area contributed by atoms with Crippen LogP contribution < -0.4 is 10.5 Å². The monoisotopic (exact) mass is 310 g/mol. The van der Waals surface area contributed by atoms with Crippen molar-refractivity contribution in [2.24, 2.45) is 0 Å². The first-order valence-electron chi connectivity index (χ1n) is 5.18. The maximum absolute atomic E-state index is 12.0. The lowest BCUT2D eigenvalue weighted by Gasteiger charge is -2.10. The van der Waals surface area contributed by atoms with Gasteiger partial charge in [0.1, 0.15) is 4.90 Å². The van der Waals surface area contributed by atoms with E-state index in [0.717, 1.165) is 0 Å². The van der Waals surface area contributed by atoms with E-state index in [4.69, 9.17) is 17.3 Å². The van der Waals surface area contributed by atoms with E-state index in [9.17, 15) is 12.6 Å². The Labute approximate surface area is 114 Å². The smallest absolute Gasteiger partial charge is 0.244 e. The maximum Gasteiger partial charge on any atom is 0.244 e. The van der Waals surface area contributed by atoms with E-state index >= 15 is 0 Å². The van der Waals surface area contributed by atoms with E-state index in [0.29, 0.717) is 12.2 Å². The van der Waals surface area contributed by atoms with Crippen LogP contribution in [0.5, 0.6) is 0 Å². The number of halogens is 1. The van der Waals surface area contributed by atoms with Gasteiger partial charge in [0, 0.05) is 29.4 Å². The third-order valence-corrected chi connectivity index (χ3v) is 5.03. The van der Waals surface area contributed by atoms with Crippen LogP contribution in [0, 0.1) is 0 Å². The van der Waals surface area contributed by atoms with Gasteiger partial charge in [0.15, 0.2) is 0 Å². The quantitative estimate of drug-likeness (QED) is 0.605. The number of nitrogens with two attached hydrogens (primary N) is 1. The first kappa shape index (κ1) is 15.4. The molecule has 1 aromatic rings. The van der Waals surface area contributed by atoms with Crippen LogP contribution in [0.3, 0.4) is 0 Å². The number of anilines is 1. The minimum Gasteiger partial charge on any atom is -0.398 e. The van der Waals surface area contributed by atoms with Gasteiger partial charge < -0.3 is 5.73 Å². The Morgan fingerprint density at radius 1 is 1.44 bits per heavy atom. The van der Waals surface area contributed by atoms with Crippen LogP contribution in [0.25, 0.3) is 0 Å². The molecular formula is C10H15ClN2O3S2. The molecule has 0 aliphatic rings. The molecule has 0 saturated heterocycles. The molecule has 0 heterocycles. The molecule has 1 atom stereocenters. The van der Waals surface area contributed by atoms with E-state index in [2.05, 4.69) is 4.72 Å². The molecular weight excluding hydrogens is 296 g/mol. The molecule has 0 aliphatic heterocycles. The molecule has 0 amide bonds. The van der Waals surface area contributed by atoms with Crippen molar-refractivity contribution >= 4 is 38.1 Å². The zero-order valence-electron chi connectivity index (χ0n) is 9.85. The predicted molar refractivity (Wildman–Crippen MR) is 74.6 cm³/mol. The molecule has 0 aliphatic carbocycles. The largest absolute Gasteiger partial charge is 0.398 e. The van der Waals surface area contributed by atoms with Crippen molar-refractivity contribution in [1.29, 1.82) is 0 Å². The SMILES string of the molecule is CS(=O)CCCNS(=O)(=O)c1c(N)cccc1Cl. The van der Waals surface area contributed by atoms with Crippen molar-refractivity contribution in [2.45, 2.75) is 11.3 Å². The molecule has 8 heteroatoms. The molecule has 3 N–H and O–H groups in total. The van der Waals surface area contributed by atoms with Gasteiger partial charge in [0.25, 0.3) is 0 Å². The topological polar surface area (TPSA) is 89.3 Å². The number of nitrogen functional groups attached to an aromatic ring is 1. The molecule has 102 valence electrons. The van der Waals surface area contributed by atoms with Crippen LogP contribution in [0.4, 0.5) is 5.69 Å². The van der Waals surface area contributed by atoms with E-state index < -0.39 is 20.8 Å². The molecule has 0 fully saturated rings. The third kappa shape index (κ3) is 4.24. The lowest BCUT2D eigenvalue weighted by molar-refractivity contribution is 0.581. The number of nitrogens with one attached hydrogen (secondary N) is 1. The molecule has 18 heavy (non-hydrogen) atoms. The second kappa shape index (κ2) is 6.51. The summed E-state index contributed by atoms with van der Waals surface area (Å²) < 4.78 is 37.2. The lowest BCUT2D eigenvalue weighted by atomic mass is 10.3. The Kier molecular flexibility index (Phi) is 5.58. The lowest BCUT2D eigenvalue weighted by Crippen LogP contribution is -2.26. The Balaban J connectivity index is 2.78. The van der Waals surface area contributed by atoms with E-state index in [1.807, 2.05) is 0 Å². The molecule has 0 radical (unpaired) electrons. The van der Waals surface area contributed by atoms with Crippen molar-refractivity contribution in [3.05, 3.63) is 23.2 Å². The summed E-state index contributed by atoms with van der Waals surface area (Å²) in [6, 6.07) is 4.52. The van der Waals surface area contributed by atoms with Gasteiger partial charge in [-0.2, -0.15) is 0 Å². The van der Waals surface area contributed by atoms with Crippen LogP contribution in [0.15, 0.2) is 23.1 Å².